The number of aromatic nitrogens is 1. The number of nitrogens with zero attached hydrogens (tertiary/aromatic N) is 1. The number of hydrogen-bond acceptors (Lipinski definition) is 5. The fourth-order valence-corrected chi connectivity index (χ4v) is 4.48. The maximum Gasteiger partial charge on any atom is 0.158 e. The summed E-state index contributed by atoms with van der Waals surface area (Å²) in [5.41, 5.74) is 6.59. The SMILES string of the molecule is CCC(N)CS(=O)(=O)Cc1nc(C(C)(C)C)cs1. The molecule has 0 aliphatic rings. The summed E-state index contributed by atoms with van der Waals surface area (Å²) < 4.78 is 23.8. The van der Waals surface area contributed by atoms with Crippen LogP contribution in [0, 0.1) is 0 Å². The molecule has 104 valence electrons. The fraction of sp³-hybridized carbons (Fsp3) is 0.750. The van der Waals surface area contributed by atoms with Crippen LogP contribution in [0.5, 0.6) is 0 Å². The third kappa shape index (κ3) is 4.66. The smallest absolute Gasteiger partial charge is 0.158 e. The molecule has 0 spiro atoms. The highest BCUT2D eigenvalue weighted by molar-refractivity contribution is 7.90. The Morgan fingerprint density at radius 3 is 2.50 bits per heavy atom. The van der Waals surface area contributed by atoms with Crippen LogP contribution in [0.1, 0.15) is 44.8 Å². The summed E-state index contributed by atoms with van der Waals surface area (Å²) in [6, 6.07) is -0.281. The molecule has 1 aromatic rings. The van der Waals surface area contributed by atoms with Crippen molar-refractivity contribution in [2.75, 3.05) is 5.75 Å². The molecule has 0 radical (unpaired) electrons. The van der Waals surface area contributed by atoms with Gasteiger partial charge >= 0.3 is 0 Å². The topological polar surface area (TPSA) is 73.1 Å². The number of rotatable bonds is 5. The molecule has 2 N–H and O–H groups in total. The molecule has 0 aromatic carbocycles. The van der Waals surface area contributed by atoms with Crippen LogP contribution in [-0.4, -0.2) is 25.2 Å². The van der Waals surface area contributed by atoms with E-state index < -0.39 is 9.84 Å². The molecular formula is C12H22N2O2S2. The van der Waals surface area contributed by atoms with Gasteiger partial charge in [-0.2, -0.15) is 0 Å². The Hall–Kier alpha value is -0.460. The predicted molar refractivity (Wildman–Crippen MR) is 76.6 cm³/mol. The average molecular weight is 290 g/mol. The zero-order valence-electron chi connectivity index (χ0n) is 11.4. The highest BCUT2D eigenvalue weighted by atomic mass is 32.2. The van der Waals surface area contributed by atoms with Crippen LogP contribution in [0.2, 0.25) is 0 Å². The largest absolute Gasteiger partial charge is 0.327 e. The van der Waals surface area contributed by atoms with E-state index >= 15 is 0 Å². The second-order valence-corrected chi connectivity index (χ2v) is 8.65. The van der Waals surface area contributed by atoms with Crippen molar-refractivity contribution in [3.63, 3.8) is 0 Å². The number of thiazole rings is 1. The first-order chi connectivity index (χ1) is 8.14. The monoisotopic (exact) mass is 290 g/mol. The van der Waals surface area contributed by atoms with Gasteiger partial charge in [0.15, 0.2) is 9.84 Å². The van der Waals surface area contributed by atoms with Gasteiger partial charge in [-0.3, -0.25) is 0 Å². The molecule has 6 heteroatoms. The zero-order valence-corrected chi connectivity index (χ0v) is 13.1. The lowest BCUT2D eigenvalue weighted by Crippen LogP contribution is -2.29. The molecule has 1 atom stereocenters. The first kappa shape index (κ1) is 15.6. The molecule has 0 aliphatic carbocycles. The van der Waals surface area contributed by atoms with E-state index in [0.29, 0.717) is 11.4 Å². The van der Waals surface area contributed by atoms with Crippen molar-refractivity contribution in [3.8, 4) is 0 Å². The van der Waals surface area contributed by atoms with Gasteiger partial charge in [0.2, 0.25) is 0 Å². The highest BCUT2D eigenvalue weighted by Crippen LogP contribution is 2.24. The lowest BCUT2D eigenvalue weighted by Gasteiger charge is -2.14. The van der Waals surface area contributed by atoms with Crippen LogP contribution in [0.25, 0.3) is 0 Å². The van der Waals surface area contributed by atoms with Gasteiger partial charge in [0.05, 0.1) is 11.4 Å². The standard InChI is InChI=1S/C12H22N2O2S2/c1-5-9(13)7-18(15,16)8-11-14-10(6-17-11)12(2,3)4/h6,9H,5,7-8,13H2,1-4H3. The summed E-state index contributed by atoms with van der Waals surface area (Å²) in [7, 11) is -3.16. The van der Waals surface area contributed by atoms with Gasteiger partial charge in [-0.15, -0.1) is 11.3 Å². The third-order valence-electron chi connectivity index (χ3n) is 2.66. The van der Waals surface area contributed by atoms with Crippen LogP contribution < -0.4 is 5.73 Å². The minimum atomic E-state index is -3.16. The van der Waals surface area contributed by atoms with Crippen LogP contribution in [0.3, 0.4) is 0 Å². The Bertz CT molecular complexity index is 486. The van der Waals surface area contributed by atoms with Crippen LogP contribution in [-0.2, 0) is 21.0 Å². The number of sulfone groups is 1. The molecule has 1 aromatic heterocycles. The minimum Gasteiger partial charge on any atom is -0.327 e. The highest BCUT2D eigenvalue weighted by Gasteiger charge is 2.21. The van der Waals surface area contributed by atoms with E-state index in [1.807, 2.05) is 12.3 Å². The summed E-state index contributed by atoms with van der Waals surface area (Å²) >= 11 is 1.41. The van der Waals surface area contributed by atoms with Gasteiger partial charge in [0, 0.05) is 16.8 Å². The molecule has 1 rings (SSSR count). The van der Waals surface area contributed by atoms with Crippen molar-refractivity contribution in [2.45, 2.75) is 51.3 Å². The maximum atomic E-state index is 11.9. The molecular weight excluding hydrogens is 268 g/mol. The summed E-state index contributed by atoms with van der Waals surface area (Å²) in [5, 5.41) is 2.59. The lowest BCUT2D eigenvalue weighted by atomic mass is 9.93. The molecule has 0 saturated heterocycles. The number of nitrogens with two attached hydrogens (primary N) is 1. The van der Waals surface area contributed by atoms with E-state index in [0.717, 1.165) is 5.69 Å². The Morgan fingerprint density at radius 2 is 2.06 bits per heavy atom. The van der Waals surface area contributed by atoms with E-state index in [1.54, 1.807) is 0 Å². The molecule has 0 saturated carbocycles. The Balaban J connectivity index is 2.76. The Labute approximate surface area is 114 Å². The molecule has 4 nitrogen and oxygen atoms in total. The number of hydrogen-bond donors (Lipinski definition) is 1. The summed E-state index contributed by atoms with van der Waals surface area (Å²) in [5.74, 6) is 0.0371. The quantitative estimate of drug-likeness (QED) is 0.901. The van der Waals surface area contributed by atoms with Gasteiger partial charge in [-0.05, 0) is 6.42 Å². The van der Waals surface area contributed by atoms with Crippen LogP contribution in [0.15, 0.2) is 5.38 Å². The maximum absolute atomic E-state index is 11.9. The van der Waals surface area contributed by atoms with Gasteiger partial charge in [0.1, 0.15) is 10.8 Å². The van der Waals surface area contributed by atoms with Crippen LogP contribution in [0.4, 0.5) is 0 Å². The Kier molecular flexibility index (Phi) is 4.91. The van der Waals surface area contributed by atoms with Crippen molar-refractivity contribution >= 4 is 21.2 Å². The van der Waals surface area contributed by atoms with E-state index in [-0.39, 0.29) is 23.0 Å². The van der Waals surface area contributed by atoms with E-state index in [9.17, 15) is 8.42 Å². The third-order valence-corrected chi connectivity index (χ3v) is 5.34. The molecule has 0 fully saturated rings. The summed E-state index contributed by atoms with van der Waals surface area (Å²) in [4.78, 5) is 4.40. The summed E-state index contributed by atoms with van der Waals surface area (Å²) in [6.07, 6.45) is 0.671. The summed E-state index contributed by atoms with van der Waals surface area (Å²) in [6.45, 7) is 8.08. The van der Waals surface area contributed by atoms with Crippen molar-refractivity contribution in [3.05, 3.63) is 16.1 Å². The molecule has 0 aliphatic heterocycles. The molecule has 1 heterocycles. The van der Waals surface area contributed by atoms with Crippen molar-refractivity contribution in [1.29, 1.82) is 0 Å². The van der Waals surface area contributed by atoms with Crippen molar-refractivity contribution in [1.82, 2.24) is 4.98 Å². The van der Waals surface area contributed by atoms with Crippen LogP contribution >= 0.6 is 11.3 Å². The normalized spacial score (nSPS) is 14.7. The molecule has 18 heavy (non-hydrogen) atoms. The van der Waals surface area contributed by atoms with Crippen molar-refractivity contribution < 1.29 is 8.42 Å². The zero-order chi connectivity index (χ0) is 14.0. The van der Waals surface area contributed by atoms with E-state index in [4.69, 9.17) is 5.73 Å². The second kappa shape index (κ2) is 5.67. The average Bonchev–Trinajstić information content (AvgIpc) is 2.63. The Morgan fingerprint density at radius 1 is 1.44 bits per heavy atom. The van der Waals surface area contributed by atoms with Gasteiger partial charge in [-0.25, -0.2) is 13.4 Å². The van der Waals surface area contributed by atoms with Crippen molar-refractivity contribution in [2.24, 2.45) is 5.73 Å². The fourth-order valence-electron chi connectivity index (χ4n) is 1.41. The van der Waals surface area contributed by atoms with Gasteiger partial charge < -0.3 is 5.73 Å². The molecule has 1 unspecified atom stereocenters. The van der Waals surface area contributed by atoms with Gasteiger partial charge in [-0.1, -0.05) is 27.7 Å². The van der Waals surface area contributed by atoms with E-state index in [2.05, 4.69) is 25.8 Å². The minimum absolute atomic E-state index is 0.00144. The molecule has 0 amide bonds. The predicted octanol–water partition coefficient (Wildman–Crippen LogP) is 2.09. The first-order valence-electron chi connectivity index (χ1n) is 6.05. The first-order valence-corrected chi connectivity index (χ1v) is 8.75. The molecule has 0 bridgehead atoms. The second-order valence-electron chi connectivity index (χ2n) is 5.60. The lowest BCUT2D eigenvalue weighted by molar-refractivity contribution is 0.569. The van der Waals surface area contributed by atoms with E-state index in [1.165, 1.54) is 11.3 Å². The van der Waals surface area contributed by atoms with Gasteiger partial charge in [0.25, 0.3) is 0 Å².